The third kappa shape index (κ3) is 12.3. The van der Waals surface area contributed by atoms with Crippen LogP contribution in [0.1, 0.15) is 91.4 Å². The van der Waals surface area contributed by atoms with Crippen molar-refractivity contribution in [2.24, 2.45) is 5.92 Å². The zero-order valence-electron chi connectivity index (χ0n) is 13.4. The fourth-order valence-corrected chi connectivity index (χ4v) is 2.07. The zero-order valence-corrected chi connectivity index (χ0v) is 13.4. The highest BCUT2D eigenvalue weighted by atomic mass is 16.5. The SMILES string of the molecule is CCCCCCCCCCCCOC(=O)[C@@H](C)CC. The Morgan fingerprint density at radius 1 is 0.842 bits per heavy atom. The Kier molecular flexibility index (Phi) is 13.5. The molecule has 0 N–H and O–H groups in total. The van der Waals surface area contributed by atoms with Crippen molar-refractivity contribution in [3.05, 3.63) is 0 Å². The molecule has 0 aliphatic heterocycles. The van der Waals surface area contributed by atoms with Crippen LogP contribution >= 0.6 is 0 Å². The minimum absolute atomic E-state index is 0.0292. The smallest absolute Gasteiger partial charge is 0.308 e. The Balaban J connectivity index is 3.13. The monoisotopic (exact) mass is 270 g/mol. The number of hydrogen-bond acceptors (Lipinski definition) is 2. The Morgan fingerprint density at radius 3 is 1.79 bits per heavy atom. The van der Waals surface area contributed by atoms with Crippen LogP contribution in [0.4, 0.5) is 0 Å². The average molecular weight is 270 g/mol. The highest BCUT2D eigenvalue weighted by Gasteiger charge is 2.10. The molecule has 2 nitrogen and oxygen atoms in total. The van der Waals surface area contributed by atoms with Gasteiger partial charge < -0.3 is 4.74 Å². The highest BCUT2D eigenvalue weighted by molar-refractivity contribution is 5.71. The minimum Gasteiger partial charge on any atom is -0.465 e. The third-order valence-electron chi connectivity index (χ3n) is 3.76. The van der Waals surface area contributed by atoms with Crippen molar-refractivity contribution in [2.75, 3.05) is 6.61 Å². The third-order valence-corrected chi connectivity index (χ3v) is 3.76. The molecule has 0 aliphatic rings. The van der Waals surface area contributed by atoms with Gasteiger partial charge in [-0.25, -0.2) is 0 Å². The first-order valence-electron chi connectivity index (χ1n) is 8.39. The fourth-order valence-electron chi connectivity index (χ4n) is 2.07. The number of rotatable bonds is 13. The normalized spacial score (nSPS) is 12.4. The lowest BCUT2D eigenvalue weighted by molar-refractivity contribution is -0.148. The Morgan fingerprint density at radius 2 is 1.32 bits per heavy atom. The first-order chi connectivity index (χ1) is 9.22. The van der Waals surface area contributed by atoms with Gasteiger partial charge in [0.25, 0.3) is 0 Å². The van der Waals surface area contributed by atoms with Crippen molar-refractivity contribution in [3.63, 3.8) is 0 Å². The molecule has 0 heterocycles. The van der Waals surface area contributed by atoms with E-state index >= 15 is 0 Å². The van der Waals surface area contributed by atoms with E-state index in [1.54, 1.807) is 0 Å². The van der Waals surface area contributed by atoms with E-state index in [9.17, 15) is 4.79 Å². The summed E-state index contributed by atoms with van der Waals surface area (Å²) in [5.74, 6) is 0.0292. The van der Waals surface area contributed by atoms with E-state index in [4.69, 9.17) is 4.74 Å². The summed E-state index contributed by atoms with van der Waals surface area (Å²) < 4.78 is 5.23. The molecule has 0 rings (SSSR count). The summed E-state index contributed by atoms with van der Waals surface area (Å²) in [6, 6.07) is 0. The van der Waals surface area contributed by atoms with Crippen molar-refractivity contribution in [3.8, 4) is 0 Å². The van der Waals surface area contributed by atoms with E-state index in [1.807, 2.05) is 13.8 Å². The molecule has 0 radical (unpaired) electrons. The average Bonchev–Trinajstić information content (AvgIpc) is 2.43. The molecule has 0 saturated heterocycles. The summed E-state index contributed by atoms with van der Waals surface area (Å²) in [5, 5.41) is 0. The van der Waals surface area contributed by atoms with Gasteiger partial charge in [0.1, 0.15) is 0 Å². The van der Waals surface area contributed by atoms with Crippen LogP contribution in [0.3, 0.4) is 0 Å². The lowest BCUT2D eigenvalue weighted by Gasteiger charge is -2.08. The van der Waals surface area contributed by atoms with Gasteiger partial charge in [0.15, 0.2) is 0 Å². The zero-order chi connectivity index (χ0) is 14.3. The minimum atomic E-state index is -0.0292. The second kappa shape index (κ2) is 13.9. The Labute approximate surface area is 120 Å². The van der Waals surface area contributed by atoms with Gasteiger partial charge in [-0.15, -0.1) is 0 Å². The summed E-state index contributed by atoms with van der Waals surface area (Å²) >= 11 is 0. The summed E-state index contributed by atoms with van der Waals surface area (Å²) in [7, 11) is 0. The van der Waals surface area contributed by atoms with Crippen molar-refractivity contribution in [1.82, 2.24) is 0 Å². The number of esters is 1. The Hall–Kier alpha value is -0.530. The number of ether oxygens (including phenoxy) is 1. The molecule has 0 fully saturated rings. The van der Waals surface area contributed by atoms with Crippen LogP contribution < -0.4 is 0 Å². The molecular weight excluding hydrogens is 236 g/mol. The number of carbonyl (C=O) groups excluding carboxylic acids is 1. The second-order valence-corrected chi connectivity index (χ2v) is 5.66. The van der Waals surface area contributed by atoms with Crippen LogP contribution in [0.2, 0.25) is 0 Å². The summed E-state index contributed by atoms with van der Waals surface area (Å²) in [6.45, 7) is 6.82. The summed E-state index contributed by atoms with van der Waals surface area (Å²) in [6.07, 6.45) is 14.0. The van der Waals surface area contributed by atoms with Gasteiger partial charge in [0.05, 0.1) is 12.5 Å². The van der Waals surface area contributed by atoms with E-state index in [0.29, 0.717) is 6.61 Å². The van der Waals surface area contributed by atoms with Crippen molar-refractivity contribution >= 4 is 5.97 Å². The van der Waals surface area contributed by atoms with Crippen LogP contribution in [0.15, 0.2) is 0 Å². The van der Waals surface area contributed by atoms with Crippen LogP contribution in [-0.4, -0.2) is 12.6 Å². The molecule has 0 saturated carbocycles. The molecule has 0 bridgehead atoms. The predicted molar refractivity (Wildman–Crippen MR) is 82.3 cm³/mol. The van der Waals surface area contributed by atoms with Crippen LogP contribution in [0, 0.1) is 5.92 Å². The standard InChI is InChI=1S/C17H34O2/c1-4-6-7-8-9-10-11-12-13-14-15-19-17(18)16(3)5-2/h16H,4-15H2,1-3H3/t16-/m0/s1. The number of carbonyl (C=O) groups is 1. The van der Waals surface area contributed by atoms with Gasteiger partial charge in [0, 0.05) is 0 Å². The molecule has 2 heteroatoms. The number of unbranched alkanes of at least 4 members (excludes halogenated alkanes) is 9. The molecule has 114 valence electrons. The van der Waals surface area contributed by atoms with Crippen molar-refractivity contribution in [2.45, 2.75) is 91.4 Å². The molecule has 0 aromatic heterocycles. The van der Waals surface area contributed by atoms with Crippen LogP contribution in [0.5, 0.6) is 0 Å². The van der Waals surface area contributed by atoms with Gasteiger partial charge in [-0.1, -0.05) is 78.6 Å². The van der Waals surface area contributed by atoms with Gasteiger partial charge in [-0.3, -0.25) is 4.79 Å². The second-order valence-electron chi connectivity index (χ2n) is 5.66. The molecule has 0 amide bonds. The van der Waals surface area contributed by atoms with E-state index in [0.717, 1.165) is 12.8 Å². The topological polar surface area (TPSA) is 26.3 Å². The molecule has 0 aliphatic carbocycles. The maximum absolute atomic E-state index is 11.4. The summed E-state index contributed by atoms with van der Waals surface area (Å²) in [5.41, 5.74) is 0. The first kappa shape index (κ1) is 18.5. The van der Waals surface area contributed by atoms with E-state index in [2.05, 4.69) is 6.92 Å². The summed E-state index contributed by atoms with van der Waals surface area (Å²) in [4.78, 5) is 11.4. The Bertz CT molecular complexity index is 201. The van der Waals surface area contributed by atoms with Gasteiger partial charge >= 0.3 is 5.97 Å². The highest BCUT2D eigenvalue weighted by Crippen LogP contribution is 2.11. The molecule has 0 aromatic rings. The van der Waals surface area contributed by atoms with Gasteiger partial charge in [-0.2, -0.15) is 0 Å². The fraction of sp³-hybridized carbons (Fsp3) is 0.941. The van der Waals surface area contributed by atoms with E-state index in [1.165, 1.54) is 57.8 Å². The van der Waals surface area contributed by atoms with Gasteiger partial charge in [-0.05, 0) is 12.8 Å². The largest absolute Gasteiger partial charge is 0.465 e. The molecule has 0 spiro atoms. The quantitative estimate of drug-likeness (QED) is 0.326. The van der Waals surface area contributed by atoms with Crippen LogP contribution in [-0.2, 0) is 9.53 Å². The lowest BCUT2D eigenvalue weighted by atomic mass is 10.1. The number of hydrogen-bond donors (Lipinski definition) is 0. The first-order valence-corrected chi connectivity index (χ1v) is 8.39. The van der Waals surface area contributed by atoms with E-state index < -0.39 is 0 Å². The van der Waals surface area contributed by atoms with Crippen molar-refractivity contribution in [1.29, 1.82) is 0 Å². The molecule has 0 aromatic carbocycles. The molecule has 1 atom stereocenters. The van der Waals surface area contributed by atoms with Crippen molar-refractivity contribution < 1.29 is 9.53 Å². The predicted octanol–water partition coefficient (Wildman–Crippen LogP) is 5.50. The maximum Gasteiger partial charge on any atom is 0.308 e. The molecule has 19 heavy (non-hydrogen) atoms. The van der Waals surface area contributed by atoms with Crippen LogP contribution in [0.25, 0.3) is 0 Å². The molecular formula is C17H34O2. The molecule has 0 unspecified atom stereocenters. The van der Waals surface area contributed by atoms with E-state index in [-0.39, 0.29) is 11.9 Å². The van der Waals surface area contributed by atoms with Gasteiger partial charge in [0.2, 0.25) is 0 Å². The lowest BCUT2D eigenvalue weighted by Crippen LogP contribution is -2.14. The maximum atomic E-state index is 11.4.